The molecule has 7 heteroatoms. The van der Waals surface area contributed by atoms with Crippen molar-refractivity contribution in [2.24, 2.45) is 0 Å². The highest BCUT2D eigenvalue weighted by molar-refractivity contribution is 14.1. The Morgan fingerprint density at radius 2 is 1.83 bits per heavy atom. The lowest BCUT2D eigenvalue weighted by Gasteiger charge is -2.21. The molecule has 0 aliphatic heterocycles. The molecule has 0 fully saturated rings. The first-order chi connectivity index (χ1) is 11.4. The standard InChI is InChI=1S/C17H19IN2O4/c1-4-5-14(19-11(2)21)16(22)20-15(17(23)24-3)10-12-6-8-13(18)9-7-12/h1,6-9,14-15H,5,10H2,2-3H3,(H,19,21)(H,20,22)/t14-,15+/m1/s1. The van der Waals surface area contributed by atoms with E-state index in [1.165, 1.54) is 14.0 Å². The predicted molar refractivity (Wildman–Crippen MR) is 97.9 cm³/mol. The van der Waals surface area contributed by atoms with Gasteiger partial charge in [0.2, 0.25) is 11.8 Å². The van der Waals surface area contributed by atoms with Gasteiger partial charge in [-0.25, -0.2) is 4.79 Å². The van der Waals surface area contributed by atoms with Crippen LogP contribution in [0.25, 0.3) is 0 Å². The summed E-state index contributed by atoms with van der Waals surface area (Å²) < 4.78 is 5.81. The summed E-state index contributed by atoms with van der Waals surface area (Å²) >= 11 is 2.18. The second kappa shape index (κ2) is 9.93. The largest absolute Gasteiger partial charge is 0.467 e. The maximum absolute atomic E-state index is 12.3. The number of carbonyl (C=O) groups is 3. The van der Waals surface area contributed by atoms with Crippen molar-refractivity contribution < 1.29 is 19.1 Å². The molecule has 2 amide bonds. The molecule has 128 valence electrons. The molecule has 1 rings (SSSR count). The van der Waals surface area contributed by atoms with Gasteiger partial charge < -0.3 is 15.4 Å². The summed E-state index contributed by atoms with van der Waals surface area (Å²) in [4.78, 5) is 35.4. The monoisotopic (exact) mass is 442 g/mol. The van der Waals surface area contributed by atoms with Crippen molar-refractivity contribution >= 4 is 40.4 Å². The van der Waals surface area contributed by atoms with Gasteiger partial charge in [-0.05, 0) is 40.3 Å². The summed E-state index contributed by atoms with van der Waals surface area (Å²) in [5.41, 5.74) is 0.874. The van der Waals surface area contributed by atoms with E-state index in [0.717, 1.165) is 9.13 Å². The second-order valence-corrected chi connectivity index (χ2v) is 6.32. The van der Waals surface area contributed by atoms with E-state index in [1.807, 2.05) is 24.3 Å². The van der Waals surface area contributed by atoms with Crippen molar-refractivity contribution in [1.82, 2.24) is 10.6 Å². The SMILES string of the molecule is C#CC[C@@H](NC(C)=O)C(=O)N[C@@H](Cc1ccc(I)cc1)C(=O)OC. The maximum atomic E-state index is 12.3. The minimum Gasteiger partial charge on any atom is -0.467 e. The van der Waals surface area contributed by atoms with Gasteiger partial charge in [-0.3, -0.25) is 9.59 Å². The Balaban J connectivity index is 2.86. The lowest BCUT2D eigenvalue weighted by Crippen LogP contribution is -2.52. The van der Waals surface area contributed by atoms with Crippen LogP contribution in [0.4, 0.5) is 0 Å². The van der Waals surface area contributed by atoms with Crippen LogP contribution in [-0.4, -0.2) is 37.0 Å². The zero-order chi connectivity index (χ0) is 18.1. The number of halogens is 1. The van der Waals surface area contributed by atoms with Crippen LogP contribution in [0.3, 0.4) is 0 Å². The minimum absolute atomic E-state index is 0.0306. The number of carbonyl (C=O) groups excluding carboxylic acids is 3. The molecular formula is C17H19IN2O4. The van der Waals surface area contributed by atoms with Crippen LogP contribution in [0.2, 0.25) is 0 Å². The van der Waals surface area contributed by atoms with E-state index in [4.69, 9.17) is 11.2 Å². The molecule has 0 saturated heterocycles. The molecule has 1 aromatic carbocycles. The second-order valence-electron chi connectivity index (χ2n) is 5.08. The number of methoxy groups -OCH3 is 1. The van der Waals surface area contributed by atoms with Gasteiger partial charge in [0, 0.05) is 23.3 Å². The number of terminal acetylenes is 1. The number of amides is 2. The van der Waals surface area contributed by atoms with Gasteiger partial charge in [-0.15, -0.1) is 12.3 Å². The molecule has 6 nitrogen and oxygen atoms in total. The Bertz CT molecular complexity index is 637. The Morgan fingerprint density at radius 1 is 1.21 bits per heavy atom. The van der Waals surface area contributed by atoms with Crippen LogP contribution >= 0.6 is 22.6 Å². The fourth-order valence-corrected chi connectivity index (χ4v) is 2.40. The summed E-state index contributed by atoms with van der Waals surface area (Å²) in [6.45, 7) is 1.29. The van der Waals surface area contributed by atoms with Gasteiger partial charge in [-0.2, -0.15) is 0 Å². The quantitative estimate of drug-likeness (QED) is 0.375. The molecule has 2 N–H and O–H groups in total. The lowest BCUT2D eigenvalue weighted by atomic mass is 10.1. The number of nitrogens with one attached hydrogen (secondary N) is 2. The summed E-state index contributed by atoms with van der Waals surface area (Å²) in [7, 11) is 1.25. The highest BCUT2D eigenvalue weighted by Gasteiger charge is 2.26. The number of hydrogen-bond acceptors (Lipinski definition) is 4. The highest BCUT2D eigenvalue weighted by Crippen LogP contribution is 2.10. The topological polar surface area (TPSA) is 84.5 Å². The third-order valence-corrected chi connectivity index (χ3v) is 3.89. The molecule has 0 aromatic heterocycles. The minimum atomic E-state index is -0.892. The van der Waals surface area contributed by atoms with E-state index >= 15 is 0 Å². The molecule has 0 heterocycles. The van der Waals surface area contributed by atoms with Crippen molar-refractivity contribution in [3.05, 3.63) is 33.4 Å². The van der Waals surface area contributed by atoms with E-state index in [9.17, 15) is 14.4 Å². The first-order valence-electron chi connectivity index (χ1n) is 7.20. The van der Waals surface area contributed by atoms with Crippen molar-refractivity contribution in [3.63, 3.8) is 0 Å². The number of ether oxygens (including phenoxy) is 1. The van der Waals surface area contributed by atoms with Crippen LogP contribution in [-0.2, 0) is 25.5 Å². The predicted octanol–water partition coefficient (Wildman–Crippen LogP) is 1.02. The Labute approximate surface area is 154 Å². The van der Waals surface area contributed by atoms with Gasteiger partial charge in [0.05, 0.1) is 7.11 Å². The fourth-order valence-electron chi connectivity index (χ4n) is 2.04. The van der Waals surface area contributed by atoms with Crippen molar-refractivity contribution in [1.29, 1.82) is 0 Å². The van der Waals surface area contributed by atoms with Crippen LogP contribution in [0.5, 0.6) is 0 Å². The number of benzene rings is 1. The zero-order valence-corrected chi connectivity index (χ0v) is 15.6. The average molecular weight is 442 g/mol. The number of rotatable bonds is 7. The molecule has 0 bridgehead atoms. The van der Waals surface area contributed by atoms with Crippen LogP contribution in [0.1, 0.15) is 18.9 Å². The normalized spacial score (nSPS) is 12.4. The zero-order valence-electron chi connectivity index (χ0n) is 13.5. The first-order valence-corrected chi connectivity index (χ1v) is 8.28. The number of esters is 1. The lowest BCUT2D eigenvalue weighted by molar-refractivity contribution is -0.145. The van der Waals surface area contributed by atoms with Crippen molar-refractivity contribution in [2.75, 3.05) is 7.11 Å². The Hall–Kier alpha value is -2.08. The molecule has 0 aliphatic carbocycles. The highest BCUT2D eigenvalue weighted by atomic mass is 127. The Morgan fingerprint density at radius 3 is 2.33 bits per heavy atom. The Kier molecular flexibility index (Phi) is 8.26. The molecule has 24 heavy (non-hydrogen) atoms. The van der Waals surface area contributed by atoms with Crippen LogP contribution in [0, 0.1) is 15.9 Å². The van der Waals surface area contributed by atoms with Gasteiger partial charge in [0.15, 0.2) is 0 Å². The van der Waals surface area contributed by atoms with E-state index in [-0.39, 0.29) is 18.7 Å². The van der Waals surface area contributed by atoms with Crippen LogP contribution < -0.4 is 10.6 Å². The fraction of sp³-hybridized carbons (Fsp3) is 0.353. The smallest absolute Gasteiger partial charge is 0.328 e. The summed E-state index contributed by atoms with van der Waals surface area (Å²) in [6, 6.07) is 5.80. The van der Waals surface area contributed by atoms with Gasteiger partial charge in [0.25, 0.3) is 0 Å². The summed E-state index contributed by atoms with van der Waals surface area (Å²) in [5, 5.41) is 5.06. The molecule has 1 aromatic rings. The summed E-state index contributed by atoms with van der Waals surface area (Å²) in [5.74, 6) is 0.867. The van der Waals surface area contributed by atoms with E-state index < -0.39 is 24.0 Å². The van der Waals surface area contributed by atoms with Gasteiger partial charge in [-0.1, -0.05) is 12.1 Å². The average Bonchev–Trinajstić information content (AvgIpc) is 2.54. The molecule has 0 saturated carbocycles. The molecule has 0 aliphatic rings. The molecule has 0 spiro atoms. The van der Waals surface area contributed by atoms with E-state index in [1.54, 1.807) is 0 Å². The molecule has 0 radical (unpaired) electrons. The van der Waals surface area contributed by atoms with E-state index in [2.05, 4.69) is 39.1 Å². The summed E-state index contributed by atoms with van der Waals surface area (Å²) in [6.07, 6.45) is 5.53. The van der Waals surface area contributed by atoms with E-state index in [0.29, 0.717) is 0 Å². The first kappa shape index (κ1) is 20.0. The number of hydrogen-bond donors (Lipinski definition) is 2. The van der Waals surface area contributed by atoms with Crippen molar-refractivity contribution in [3.8, 4) is 12.3 Å². The van der Waals surface area contributed by atoms with Gasteiger partial charge in [0.1, 0.15) is 12.1 Å². The maximum Gasteiger partial charge on any atom is 0.328 e. The third kappa shape index (κ3) is 6.58. The molecule has 2 atom stereocenters. The third-order valence-electron chi connectivity index (χ3n) is 3.17. The molecular weight excluding hydrogens is 423 g/mol. The van der Waals surface area contributed by atoms with Gasteiger partial charge >= 0.3 is 5.97 Å². The molecule has 0 unspecified atom stereocenters. The van der Waals surface area contributed by atoms with Crippen LogP contribution in [0.15, 0.2) is 24.3 Å². The van der Waals surface area contributed by atoms with Crippen molar-refractivity contribution in [2.45, 2.75) is 31.8 Å².